The fraction of sp³-hybridized carbons (Fsp3) is 0.100. The summed E-state index contributed by atoms with van der Waals surface area (Å²) in [4.78, 5) is 11.0. The van der Waals surface area contributed by atoms with Crippen molar-refractivity contribution in [2.24, 2.45) is 0 Å². The van der Waals surface area contributed by atoms with E-state index in [2.05, 4.69) is 5.32 Å². The molecule has 0 aliphatic rings. The molecule has 0 fully saturated rings. The number of hydrogen-bond acceptors (Lipinski definition) is 3. The number of benzene rings is 1. The Morgan fingerprint density at radius 3 is 3.07 bits per heavy atom. The minimum Gasteiger partial charge on any atom is -0.464 e. The number of hydrogen-bond donors (Lipinski definition) is 1. The molecule has 72 valence electrons. The van der Waals surface area contributed by atoms with E-state index in [1.54, 1.807) is 24.5 Å². The molecule has 1 aromatic carbocycles. The van der Waals surface area contributed by atoms with Crippen molar-refractivity contribution in [3.05, 3.63) is 30.5 Å². The number of nitrogens with one attached hydrogen (secondary N) is 1. The van der Waals surface area contributed by atoms with Gasteiger partial charge in [-0.2, -0.15) is 0 Å². The molecule has 1 amide bonds. The summed E-state index contributed by atoms with van der Waals surface area (Å²) in [5.41, 5.74) is 0.700. The molecular formula is C10H9NO3. The molecule has 0 spiro atoms. The summed E-state index contributed by atoms with van der Waals surface area (Å²) < 4.78 is 10.2. The van der Waals surface area contributed by atoms with Gasteiger partial charge in [-0.25, -0.2) is 4.79 Å². The maximum Gasteiger partial charge on any atom is 0.412 e. The molecule has 2 aromatic rings. The fourth-order valence-corrected chi connectivity index (χ4v) is 1.21. The van der Waals surface area contributed by atoms with Crippen LogP contribution < -0.4 is 10.1 Å². The number of carbonyl (C=O) groups is 1. The summed E-state index contributed by atoms with van der Waals surface area (Å²) in [6.45, 7) is 0. The molecule has 0 aliphatic carbocycles. The summed E-state index contributed by atoms with van der Waals surface area (Å²) in [6.07, 6.45) is 1.07. The van der Waals surface area contributed by atoms with Crippen LogP contribution in [0.5, 0.6) is 5.75 Å². The van der Waals surface area contributed by atoms with Crippen LogP contribution >= 0.6 is 0 Å². The van der Waals surface area contributed by atoms with E-state index < -0.39 is 6.09 Å². The van der Waals surface area contributed by atoms with Gasteiger partial charge in [-0.3, -0.25) is 0 Å². The summed E-state index contributed by atoms with van der Waals surface area (Å²) >= 11 is 0. The number of furan rings is 1. The van der Waals surface area contributed by atoms with Crippen molar-refractivity contribution < 1.29 is 13.9 Å². The highest BCUT2D eigenvalue weighted by Gasteiger charge is 2.07. The minimum atomic E-state index is -0.487. The monoisotopic (exact) mass is 191 g/mol. The third kappa shape index (κ3) is 1.42. The van der Waals surface area contributed by atoms with Crippen LogP contribution in [0.4, 0.5) is 4.79 Å². The SMILES string of the molecule is CNC(=O)Oc1cccc2occc12. The Labute approximate surface area is 80.5 Å². The lowest BCUT2D eigenvalue weighted by Crippen LogP contribution is -2.22. The van der Waals surface area contributed by atoms with Crippen LogP contribution in [0.1, 0.15) is 0 Å². The number of fused-ring (bicyclic) bond motifs is 1. The van der Waals surface area contributed by atoms with Gasteiger partial charge in [0.25, 0.3) is 0 Å². The van der Waals surface area contributed by atoms with E-state index in [1.807, 2.05) is 6.07 Å². The quantitative estimate of drug-likeness (QED) is 0.751. The standard InChI is InChI=1S/C10H9NO3/c1-11-10(12)14-9-4-2-3-8-7(9)5-6-13-8/h2-6H,1H3,(H,11,12). The zero-order chi connectivity index (χ0) is 9.97. The molecule has 0 saturated heterocycles. The molecule has 4 nitrogen and oxygen atoms in total. The summed E-state index contributed by atoms with van der Waals surface area (Å²) in [5, 5.41) is 3.17. The lowest BCUT2D eigenvalue weighted by Gasteiger charge is -2.03. The lowest BCUT2D eigenvalue weighted by atomic mass is 10.2. The molecule has 2 rings (SSSR count). The highest BCUT2D eigenvalue weighted by atomic mass is 16.6. The predicted molar refractivity (Wildman–Crippen MR) is 51.3 cm³/mol. The number of ether oxygens (including phenoxy) is 1. The Balaban J connectivity index is 2.41. The first-order valence-electron chi connectivity index (χ1n) is 4.17. The first kappa shape index (κ1) is 8.62. The van der Waals surface area contributed by atoms with Crippen LogP contribution in [0, 0.1) is 0 Å². The van der Waals surface area contributed by atoms with E-state index in [0.717, 1.165) is 5.39 Å². The molecule has 1 aromatic heterocycles. The fourth-order valence-electron chi connectivity index (χ4n) is 1.21. The van der Waals surface area contributed by atoms with E-state index in [0.29, 0.717) is 11.3 Å². The molecule has 1 N–H and O–H groups in total. The van der Waals surface area contributed by atoms with Gasteiger partial charge < -0.3 is 14.5 Å². The second kappa shape index (κ2) is 3.41. The Morgan fingerprint density at radius 1 is 1.43 bits per heavy atom. The van der Waals surface area contributed by atoms with Crippen molar-refractivity contribution in [2.45, 2.75) is 0 Å². The van der Waals surface area contributed by atoms with E-state index in [9.17, 15) is 4.79 Å². The van der Waals surface area contributed by atoms with Gasteiger partial charge in [0, 0.05) is 7.05 Å². The van der Waals surface area contributed by atoms with Crippen molar-refractivity contribution >= 4 is 17.1 Å². The summed E-state index contributed by atoms with van der Waals surface area (Å²) in [5.74, 6) is 0.496. The zero-order valence-electron chi connectivity index (χ0n) is 7.61. The smallest absolute Gasteiger partial charge is 0.412 e. The van der Waals surface area contributed by atoms with Gasteiger partial charge >= 0.3 is 6.09 Å². The second-order valence-electron chi connectivity index (χ2n) is 2.73. The highest BCUT2D eigenvalue weighted by molar-refractivity contribution is 5.86. The molecule has 4 heteroatoms. The van der Waals surface area contributed by atoms with Gasteiger partial charge in [0.05, 0.1) is 11.6 Å². The summed E-state index contributed by atoms with van der Waals surface area (Å²) in [6, 6.07) is 7.05. The van der Waals surface area contributed by atoms with Crippen molar-refractivity contribution in [1.29, 1.82) is 0 Å². The Bertz CT molecular complexity index is 461. The third-order valence-corrected chi connectivity index (χ3v) is 1.86. The molecular weight excluding hydrogens is 182 g/mol. The first-order valence-corrected chi connectivity index (χ1v) is 4.17. The number of rotatable bonds is 1. The Hall–Kier alpha value is -1.97. The normalized spacial score (nSPS) is 10.1. The van der Waals surface area contributed by atoms with Gasteiger partial charge in [0.2, 0.25) is 0 Å². The Morgan fingerprint density at radius 2 is 2.29 bits per heavy atom. The molecule has 14 heavy (non-hydrogen) atoms. The van der Waals surface area contributed by atoms with Gasteiger partial charge in [0.1, 0.15) is 11.3 Å². The van der Waals surface area contributed by atoms with Crippen LogP contribution in [0.3, 0.4) is 0 Å². The first-order chi connectivity index (χ1) is 6.81. The topological polar surface area (TPSA) is 51.5 Å². The van der Waals surface area contributed by atoms with E-state index >= 15 is 0 Å². The number of amides is 1. The van der Waals surface area contributed by atoms with Gasteiger partial charge in [-0.15, -0.1) is 0 Å². The van der Waals surface area contributed by atoms with Crippen LogP contribution in [0.15, 0.2) is 34.9 Å². The molecule has 0 radical (unpaired) electrons. The molecule has 0 aliphatic heterocycles. The van der Waals surface area contributed by atoms with E-state index in [4.69, 9.17) is 9.15 Å². The van der Waals surface area contributed by atoms with Gasteiger partial charge in [-0.1, -0.05) is 6.07 Å². The maximum absolute atomic E-state index is 11.0. The van der Waals surface area contributed by atoms with Crippen molar-refractivity contribution in [3.8, 4) is 5.75 Å². The predicted octanol–water partition coefficient (Wildman–Crippen LogP) is 2.15. The minimum absolute atomic E-state index is 0.487. The van der Waals surface area contributed by atoms with Crippen LogP contribution in [-0.2, 0) is 0 Å². The van der Waals surface area contributed by atoms with Crippen LogP contribution in [0.2, 0.25) is 0 Å². The van der Waals surface area contributed by atoms with Crippen LogP contribution in [-0.4, -0.2) is 13.1 Å². The van der Waals surface area contributed by atoms with Crippen molar-refractivity contribution in [2.75, 3.05) is 7.05 Å². The second-order valence-corrected chi connectivity index (χ2v) is 2.73. The lowest BCUT2D eigenvalue weighted by molar-refractivity contribution is 0.203. The van der Waals surface area contributed by atoms with Gasteiger partial charge in [-0.05, 0) is 18.2 Å². The average Bonchev–Trinajstić information content (AvgIpc) is 2.66. The molecule has 0 unspecified atom stereocenters. The third-order valence-electron chi connectivity index (χ3n) is 1.86. The van der Waals surface area contributed by atoms with Crippen molar-refractivity contribution in [3.63, 3.8) is 0 Å². The van der Waals surface area contributed by atoms with Crippen molar-refractivity contribution in [1.82, 2.24) is 5.32 Å². The summed E-state index contributed by atoms with van der Waals surface area (Å²) in [7, 11) is 1.51. The number of carbonyl (C=O) groups excluding carboxylic acids is 1. The van der Waals surface area contributed by atoms with E-state index in [1.165, 1.54) is 7.05 Å². The average molecular weight is 191 g/mol. The van der Waals surface area contributed by atoms with Gasteiger partial charge in [0.15, 0.2) is 0 Å². The molecule has 0 atom stereocenters. The maximum atomic E-state index is 11.0. The largest absolute Gasteiger partial charge is 0.464 e. The zero-order valence-corrected chi connectivity index (χ0v) is 7.61. The molecule has 1 heterocycles. The molecule has 0 bridgehead atoms. The highest BCUT2D eigenvalue weighted by Crippen LogP contribution is 2.26. The molecule has 0 saturated carbocycles. The van der Waals surface area contributed by atoms with E-state index in [-0.39, 0.29) is 0 Å². The van der Waals surface area contributed by atoms with Crippen LogP contribution in [0.25, 0.3) is 11.0 Å². The Kier molecular flexibility index (Phi) is 2.10.